The number of rotatable bonds is 9. The van der Waals surface area contributed by atoms with Crippen LogP contribution in [0.2, 0.25) is 0 Å². The minimum atomic E-state index is -0.377. The highest BCUT2D eigenvalue weighted by Crippen LogP contribution is 2.36. The average Bonchev–Trinajstić information content (AvgIpc) is 3.94. The van der Waals surface area contributed by atoms with Gasteiger partial charge >= 0.3 is 0 Å². The van der Waals surface area contributed by atoms with Gasteiger partial charge in [-0.15, -0.1) is 5.10 Å². The molecule has 3 aromatic carbocycles. The van der Waals surface area contributed by atoms with Crippen molar-refractivity contribution in [1.82, 2.24) is 34.9 Å². The topological polar surface area (TPSA) is 146 Å². The van der Waals surface area contributed by atoms with Gasteiger partial charge in [0.05, 0.1) is 24.4 Å². The van der Waals surface area contributed by atoms with Crippen LogP contribution in [0, 0.1) is 11.6 Å². The number of hydrogen-bond donors (Lipinski definition) is 2. The van der Waals surface area contributed by atoms with E-state index in [1.54, 1.807) is 71.9 Å². The average molecular weight is 642 g/mol. The summed E-state index contributed by atoms with van der Waals surface area (Å²) in [5.41, 5.74) is 3.41. The number of nitrogens with one attached hydrogen (secondary N) is 2. The van der Waals surface area contributed by atoms with Crippen LogP contribution in [0.3, 0.4) is 0 Å². The Labute approximate surface area is 269 Å². The molecule has 0 saturated carbocycles. The molecule has 5 aromatic heterocycles. The largest absolute Gasteiger partial charge is 0.463 e. The van der Waals surface area contributed by atoms with Gasteiger partial charge < -0.3 is 23.9 Å². The quantitative estimate of drug-likeness (QED) is 0.158. The predicted octanol–water partition coefficient (Wildman–Crippen LogP) is 8.06. The van der Waals surface area contributed by atoms with E-state index in [9.17, 15) is 8.78 Å². The second-order valence-electron chi connectivity index (χ2n) is 10.3. The van der Waals surface area contributed by atoms with Crippen molar-refractivity contribution in [1.29, 1.82) is 0 Å². The number of oxazole rings is 1. The Morgan fingerprint density at radius 3 is 1.81 bits per heavy atom. The van der Waals surface area contributed by atoms with Crippen molar-refractivity contribution >= 4 is 23.3 Å². The van der Waals surface area contributed by atoms with Gasteiger partial charge in [0.2, 0.25) is 23.5 Å². The zero-order valence-corrected chi connectivity index (χ0v) is 24.6. The first-order valence-corrected chi connectivity index (χ1v) is 14.5. The van der Waals surface area contributed by atoms with Crippen molar-refractivity contribution in [2.45, 2.75) is 0 Å². The van der Waals surface area contributed by atoms with E-state index in [-0.39, 0.29) is 29.4 Å². The summed E-state index contributed by atoms with van der Waals surface area (Å²) < 4.78 is 45.8. The molecule has 0 spiro atoms. The molecule has 0 aliphatic rings. The normalized spacial score (nSPS) is 11.1. The van der Waals surface area contributed by atoms with Crippen LogP contribution >= 0.6 is 0 Å². The lowest BCUT2D eigenvalue weighted by atomic mass is 10.2. The minimum absolute atomic E-state index is 0.170. The molecule has 0 radical (unpaired) electrons. The lowest BCUT2D eigenvalue weighted by Crippen LogP contribution is -2.05. The van der Waals surface area contributed by atoms with E-state index in [2.05, 4.69) is 40.9 Å². The maximum absolute atomic E-state index is 13.5. The summed E-state index contributed by atoms with van der Waals surface area (Å²) in [6, 6.07) is 26.0. The molecule has 234 valence electrons. The molecule has 12 nitrogen and oxygen atoms in total. The highest BCUT2D eigenvalue weighted by atomic mass is 19.1. The van der Waals surface area contributed by atoms with Crippen molar-refractivity contribution < 1.29 is 22.0 Å². The molecule has 0 bridgehead atoms. The Kier molecular flexibility index (Phi) is 7.18. The monoisotopic (exact) mass is 641 g/mol. The molecule has 0 atom stereocenters. The minimum Gasteiger partial charge on any atom is -0.463 e. The zero-order chi connectivity index (χ0) is 32.5. The molecule has 0 amide bonds. The maximum atomic E-state index is 13.5. The Balaban J connectivity index is 1.08. The van der Waals surface area contributed by atoms with Gasteiger partial charge in [-0.2, -0.15) is 15.0 Å². The fourth-order valence-corrected chi connectivity index (χ4v) is 4.77. The Morgan fingerprint density at radius 2 is 1.23 bits per heavy atom. The van der Waals surface area contributed by atoms with Gasteiger partial charge in [0.1, 0.15) is 11.6 Å². The molecule has 0 aliphatic heterocycles. The lowest BCUT2D eigenvalue weighted by Gasteiger charge is -2.09. The van der Waals surface area contributed by atoms with Crippen molar-refractivity contribution in [2.24, 2.45) is 0 Å². The number of aromatic nitrogens is 7. The van der Waals surface area contributed by atoms with E-state index in [0.717, 1.165) is 5.56 Å². The number of nitrogens with zero attached hydrogens (tertiary/aromatic N) is 7. The third kappa shape index (κ3) is 5.88. The van der Waals surface area contributed by atoms with Crippen molar-refractivity contribution in [2.75, 3.05) is 10.6 Å². The third-order valence-corrected chi connectivity index (χ3v) is 7.06. The molecule has 2 N–H and O–H groups in total. The molecule has 14 heteroatoms. The number of hydrogen-bond acceptors (Lipinski definition) is 11. The third-order valence-electron chi connectivity index (χ3n) is 7.06. The predicted molar refractivity (Wildman–Crippen MR) is 170 cm³/mol. The molecule has 8 rings (SSSR count). The van der Waals surface area contributed by atoms with Crippen LogP contribution in [0.5, 0.6) is 0 Å². The van der Waals surface area contributed by atoms with E-state index in [1.165, 1.54) is 24.3 Å². The van der Waals surface area contributed by atoms with E-state index in [0.29, 0.717) is 51.6 Å². The van der Waals surface area contributed by atoms with Gasteiger partial charge in [0.25, 0.3) is 0 Å². The SMILES string of the molecule is Fc1ccc(Nc2nc(Nc3ccc(F)cc3)nc(-c3cn(-c4ccc(-c5nc(-c6ccco6)c(-c6ccco6)o5)cc4)nn3)n2)cc1. The Morgan fingerprint density at radius 1 is 0.625 bits per heavy atom. The van der Waals surface area contributed by atoms with Crippen LogP contribution in [0.4, 0.5) is 32.1 Å². The van der Waals surface area contributed by atoms with Gasteiger partial charge in [0.15, 0.2) is 28.7 Å². The first-order chi connectivity index (χ1) is 23.5. The first kappa shape index (κ1) is 28.5. The molecular weight excluding hydrogens is 620 g/mol. The van der Waals surface area contributed by atoms with E-state index in [4.69, 9.17) is 13.3 Å². The molecule has 5 heterocycles. The molecule has 0 aliphatic carbocycles. The van der Waals surface area contributed by atoms with Crippen LogP contribution < -0.4 is 10.6 Å². The number of benzene rings is 3. The van der Waals surface area contributed by atoms with E-state index >= 15 is 0 Å². The molecule has 0 fully saturated rings. The van der Waals surface area contributed by atoms with Crippen LogP contribution in [-0.2, 0) is 0 Å². The number of anilines is 4. The second-order valence-corrected chi connectivity index (χ2v) is 10.3. The zero-order valence-electron chi connectivity index (χ0n) is 24.6. The summed E-state index contributed by atoms with van der Waals surface area (Å²) in [4.78, 5) is 18.1. The fourth-order valence-electron chi connectivity index (χ4n) is 4.77. The van der Waals surface area contributed by atoms with Gasteiger partial charge in [-0.3, -0.25) is 0 Å². The summed E-state index contributed by atoms with van der Waals surface area (Å²) in [6.07, 6.45) is 4.80. The maximum Gasteiger partial charge on any atom is 0.232 e. The lowest BCUT2D eigenvalue weighted by molar-refractivity contribution is 0.527. The summed E-state index contributed by atoms with van der Waals surface area (Å²) in [5, 5.41) is 14.7. The van der Waals surface area contributed by atoms with Gasteiger partial charge in [-0.05, 0) is 97.1 Å². The number of halogens is 2. The van der Waals surface area contributed by atoms with Crippen LogP contribution in [-0.4, -0.2) is 34.9 Å². The van der Waals surface area contributed by atoms with Crippen LogP contribution in [0.1, 0.15) is 0 Å². The van der Waals surface area contributed by atoms with Gasteiger partial charge in [0, 0.05) is 16.9 Å². The summed E-state index contributed by atoms with van der Waals surface area (Å²) >= 11 is 0. The summed E-state index contributed by atoms with van der Waals surface area (Å²) in [7, 11) is 0. The molecule has 48 heavy (non-hydrogen) atoms. The van der Waals surface area contributed by atoms with Crippen LogP contribution in [0.25, 0.3) is 51.6 Å². The van der Waals surface area contributed by atoms with Crippen molar-refractivity contribution in [3.05, 3.63) is 127 Å². The second kappa shape index (κ2) is 12.1. The smallest absolute Gasteiger partial charge is 0.232 e. The Bertz CT molecular complexity index is 2180. The number of furan rings is 2. The standard InChI is InChI=1S/C34H21F2N9O3/c35-21-7-11-23(12-8-21)37-33-40-31(41-34(42-33)38-24-13-9-22(36)10-14-24)26-19-45(44-43-26)25-15-5-20(6-16-25)32-39-29(27-3-1-17-46-27)30(48-32)28-4-2-18-47-28/h1-19H,(H2,37,38,40,41,42). The van der Waals surface area contributed by atoms with E-state index < -0.39 is 0 Å². The van der Waals surface area contributed by atoms with Crippen LogP contribution in [0.15, 0.2) is 129 Å². The summed E-state index contributed by atoms with van der Waals surface area (Å²) in [6.45, 7) is 0. The molecule has 8 aromatic rings. The van der Waals surface area contributed by atoms with Gasteiger partial charge in [-0.1, -0.05) is 5.21 Å². The van der Waals surface area contributed by atoms with Gasteiger partial charge in [-0.25, -0.2) is 18.4 Å². The molecule has 0 unspecified atom stereocenters. The highest BCUT2D eigenvalue weighted by molar-refractivity contribution is 5.74. The van der Waals surface area contributed by atoms with Crippen molar-refractivity contribution in [3.8, 4) is 51.6 Å². The highest BCUT2D eigenvalue weighted by Gasteiger charge is 2.22. The first-order valence-electron chi connectivity index (χ1n) is 14.5. The summed E-state index contributed by atoms with van der Waals surface area (Å²) in [5.74, 6) is 1.70. The molecule has 0 saturated heterocycles. The molecular formula is C34H21F2N9O3. The fraction of sp³-hybridized carbons (Fsp3) is 0. The van der Waals surface area contributed by atoms with Crippen molar-refractivity contribution in [3.63, 3.8) is 0 Å². The Hall–Kier alpha value is -6.96. The van der Waals surface area contributed by atoms with E-state index in [1.807, 2.05) is 24.3 Å².